The van der Waals surface area contributed by atoms with Gasteiger partial charge in [-0.05, 0) is 24.3 Å². The van der Waals surface area contributed by atoms with E-state index in [2.05, 4.69) is 14.9 Å². The first-order chi connectivity index (χ1) is 11.7. The van der Waals surface area contributed by atoms with Crippen LogP contribution in [0.3, 0.4) is 0 Å². The number of nitrogens with zero attached hydrogens (tertiary/aromatic N) is 4. The van der Waals surface area contributed by atoms with E-state index in [4.69, 9.17) is 32.9 Å². The van der Waals surface area contributed by atoms with Gasteiger partial charge in [0.05, 0.1) is 34.5 Å². The number of rotatable bonds is 2. The highest BCUT2D eigenvalue weighted by molar-refractivity contribution is 6.42. The van der Waals surface area contributed by atoms with Gasteiger partial charge in [-0.15, -0.1) is 0 Å². The van der Waals surface area contributed by atoms with Crippen LogP contribution in [0.2, 0.25) is 10.0 Å². The van der Waals surface area contributed by atoms with Crippen LogP contribution in [0.4, 0.5) is 5.82 Å². The lowest BCUT2D eigenvalue weighted by Crippen LogP contribution is -2.37. The second-order valence-corrected chi connectivity index (χ2v) is 6.30. The molecule has 0 aliphatic carbocycles. The maximum atomic E-state index is 6.13. The molecule has 0 radical (unpaired) electrons. The smallest absolute Gasteiger partial charge is 0.158 e. The Morgan fingerprint density at radius 3 is 2.58 bits per heavy atom. The number of hydrogen-bond donors (Lipinski definition) is 0. The molecule has 7 heteroatoms. The first kappa shape index (κ1) is 15.6. The van der Waals surface area contributed by atoms with Crippen molar-refractivity contribution in [3.63, 3.8) is 0 Å². The maximum Gasteiger partial charge on any atom is 0.158 e. The molecule has 122 valence electrons. The topological polar surface area (TPSA) is 51.1 Å². The van der Waals surface area contributed by atoms with Gasteiger partial charge in [0.25, 0.3) is 0 Å². The summed E-state index contributed by atoms with van der Waals surface area (Å²) in [7, 11) is 0. The number of pyridine rings is 1. The highest BCUT2D eigenvalue weighted by Gasteiger charge is 2.17. The van der Waals surface area contributed by atoms with E-state index in [1.807, 2.05) is 24.3 Å². The van der Waals surface area contributed by atoms with Crippen molar-refractivity contribution in [2.24, 2.45) is 0 Å². The highest BCUT2D eigenvalue weighted by Crippen LogP contribution is 2.30. The van der Waals surface area contributed by atoms with E-state index in [9.17, 15) is 0 Å². The molecule has 0 atom stereocenters. The molecular weight excluding hydrogens is 347 g/mol. The standard InChI is InChI=1S/C17H14Cl2N4O/c18-12-2-1-11(9-13(12)19)14-3-4-15-16(22-14)17(21-10-20-15)23-5-7-24-8-6-23/h1-4,9-10H,5-8H2. The average Bonchev–Trinajstić information content (AvgIpc) is 2.64. The summed E-state index contributed by atoms with van der Waals surface area (Å²) < 4.78 is 5.42. The summed E-state index contributed by atoms with van der Waals surface area (Å²) in [4.78, 5) is 15.7. The third kappa shape index (κ3) is 2.90. The van der Waals surface area contributed by atoms with Crippen LogP contribution in [-0.4, -0.2) is 41.3 Å². The average molecular weight is 361 g/mol. The van der Waals surface area contributed by atoms with Crippen LogP contribution in [0.25, 0.3) is 22.3 Å². The number of ether oxygens (including phenoxy) is 1. The molecule has 1 aliphatic rings. The van der Waals surface area contributed by atoms with Crippen molar-refractivity contribution >= 4 is 40.1 Å². The second-order valence-electron chi connectivity index (χ2n) is 5.49. The Kier molecular flexibility index (Phi) is 4.22. The minimum Gasteiger partial charge on any atom is -0.378 e. The lowest BCUT2D eigenvalue weighted by Gasteiger charge is -2.28. The molecule has 0 spiro atoms. The lowest BCUT2D eigenvalue weighted by molar-refractivity contribution is 0.122. The van der Waals surface area contributed by atoms with E-state index in [0.717, 1.165) is 41.2 Å². The minimum absolute atomic E-state index is 0.508. The monoisotopic (exact) mass is 360 g/mol. The van der Waals surface area contributed by atoms with Crippen molar-refractivity contribution in [2.45, 2.75) is 0 Å². The third-order valence-electron chi connectivity index (χ3n) is 3.99. The van der Waals surface area contributed by atoms with Gasteiger partial charge >= 0.3 is 0 Å². The fraction of sp³-hybridized carbons (Fsp3) is 0.235. The van der Waals surface area contributed by atoms with Gasteiger partial charge in [0, 0.05) is 18.7 Å². The summed E-state index contributed by atoms with van der Waals surface area (Å²) in [5, 5.41) is 1.03. The van der Waals surface area contributed by atoms with Gasteiger partial charge < -0.3 is 9.64 Å². The van der Waals surface area contributed by atoms with Gasteiger partial charge in [0.15, 0.2) is 5.82 Å². The molecule has 0 N–H and O–H groups in total. The summed E-state index contributed by atoms with van der Waals surface area (Å²) in [5.74, 6) is 0.838. The third-order valence-corrected chi connectivity index (χ3v) is 4.73. The molecule has 0 bridgehead atoms. The van der Waals surface area contributed by atoms with Crippen LogP contribution in [-0.2, 0) is 4.74 Å². The van der Waals surface area contributed by atoms with E-state index in [-0.39, 0.29) is 0 Å². The lowest BCUT2D eigenvalue weighted by atomic mass is 10.1. The molecule has 0 saturated carbocycles. The van der Waals surface area contributed by atoms with Crippen LogP contribution in [0, 0.1) is 0 Å². The molecule has 2 aromatic heterocycles. The van der Waals surface area contributed by atoms with E-state index in [1.54, 1.807) is 12.4 Å². The van der Waals surface area contributed by atoms with Gasteiger partial charge in [-0.2, -0.15) is 0 Å². The molecule has 3 aromatic rings. The Labute approximate surface area is 149 Å². The predicted molar refractivity (Wildman–Crippen MR) is 95.8 cm³/mol. The van der Waals surface area contributed by atoms with E-state index in [1.165, 1.54) is 0 Å². The number of fused-ring (bicyclic) bond motifs is 1. The van der Waals surface area contributed by atoms with Gasteiger partial charge in [-0.3, -0.25) is 0 Å². The largest absolute Gasteiger partial charge is 0.378 e. The van der Waals surface area contributed by atoms with Crippen molar-refractivity contribution in [2.75, 3.05) is 31.2 Å². The first-order valence-corrected chi connectivity index (χ1v) is 8.38. The Balaban J connectivity index is 1.82. The zero-order chi connectivity index (χ0) is 16.5. The SMILES string of the molecule is Clc1ccc(-c2ccc3ncnc(N4CCOCC4)c3n2)cc1Cl. The van der Waals surface area contributed by atoms with Crippen LogP contribution in [0.5, 0.6) is 0 Å². The number of benzene rings is 1. The van der Waals surface area contributed by atoms with Crippen LogP contribution >= 0.6 is 23.2 Å². The fourth-order valence-electron chi connectivity index (χ4n) is 2.75. The Morgan fingerprint density at radius 1 is 0.958 bits per heavy atom. The van der Waals surface area contributed by atoms with E-state index < -0.39 is 0 Å². The molecular formula is C17H14Cl2N4O. The van der Waals surface area contributed by atoms with E-state index >= 15 is 0 Å². The summed E-state index contributed by atoms with van der Waals surface area (Å²) >= 11 is 12.1. The molecule has 0 unspecified atom stereocenters. The van der Waals surface area contributed by atoms with Crippen LogP contribution < -0.4 is 4.90 Å². The number of aromatic nitrogens is 3. The second kappa shape index (κ2) is 6.51. The molecule has 5 nitrogen and oxygen atoms in total. The van der Waals surface area contributed by atoms with Gasteiger partial charge in [-0.25, -0.2) is 15.0 Å². The molecule has 3 heterocycles. The molecule has 1 aliphatic heterocycles. The molecule has 4 rings (SSSR count). The zero-order valence-electron chi connectivity index (χ0n) is 12.7. The van der Waals surface area contributed by atoms with Gasteiger partial charge in [0.2, 0.25) is 0 Å². The summed E-state index contributed by atoms with van der Waals surface area (Å²) in [6.45, 7) is 2.98. The van der Waals surface area contributed by atoms with E-state index in [0.29, 0.717) is 23.3 Å². The maximum absolute atomic E-state index is 6.13. The molecule has 1 aromatic carbocycles. The van der Waals surface area contributed by atoms with Crippen LogP contribution in [0.1, 0.15) is 0 Å². The number of anilines is 1. The van der Waals surface area contributed by atoms with Gasteiger partial charge in [-0.1, -0.05) is 29.3 Å². The molecule has 24 heavy (non-hydrogen) atoms. The van der Waals surface area contributed by atoms with Gasteiger partial charge in [0.1, 0.15) is 11.8 Å². The fourth-order valence-corrected chi connectivity index (χ4v) is 3.05. The molecule has 1 saturated heterocycles. The molecule has 1 fully saturated rings. The van der Waals surface area contributed by atoms with Crippen LogP contribution in [0.15, 0.2) is 36.7 Å². The summed E-state index contributed by atoms with van der Waals surface area (Å²) in [6, 6.07) is 9.37. The number of morpholine rings is 1. The summed E-state index contributed by atoms with van der Waals surface area (Å²) in [6.07, 6.45) is 1.58. The Bertz CT molecular complexity index is 897. The van der Waals surface area contributed by atoms with Crippen molar-refractivity contribution in [3.05, 3.63) is 46.7 Å². The zero-order valence-corrected chi connectivity index (χ0v) is 14.3. The normalized spacial score (nSPS) is 15.0. The Morgan fingerprint density at radius 2 is 1.79 bits per heavy atom. The molecule has 0 amide bonds. The highest BCUT2D eigenvalue weighted by atomic mass is 35.5. The van der Waals surface area contributed by atoms with Crippen molar-refractivity contribution in [1.29, 1.82) is 0 Å². The minimum atomic E-state index is 0.508. The Hall–Kier alpha value is -1.95. The van der Waals surface area contributed by atoms with Crippen molar-refractivity contribution in [1.82, 2.24) is 15.0 Å². The predicted octanol–water partition coefficient (Wildman–Crippen LogP) is 3.84. The quantitative estimate of drug-likeness (QED) is 0.694. The first-order valence-electron chi connectivity index (χ1n) is 7.62. The number of hydrogen-bond acceptors (Lipinski definition) is 5. The summed E-state index contributed by atoms with van der Waals surface area (Å²) in [5.41, 5.74) is 3.31. The number of halogens is 2. The van der Waals surface area contributed by atoms with Crippen molar-refractivity contribution < 1.29 is 4.74 Å². The van der Waals surface area contributed by atoms with Crippen molar-refractivity contribution in [3.8, 4) is 11.3 Å².